The molecule has 5 heteroatoms. The molecule has 0 aromatic carbocycles. The predicted molar refractivity (Wildman–Crippen MR) is 69.3 cm³/mol. The van der Waals surface area contributed by atoms with Crippen LogP contribution in [-0.2, 0) is 6.54 Å². The lowest BCUT2D eigenvalue weighted by molar-refractivity contribution is 0.188. The number of pyridine rings is 1. The van der Waals surface area contributed by atoms with E-state index in [-0.39, 0.29) is 6.61 Å². The highest BCUT2D eigenvalue weighted by Gasteiger charge is 2.08. The van der Waals surface area contributed by atoms with Gasteiger partial charge in [0.15, 0.2) is 0 Å². The molecule has 0 saturated heterocycles. The Morgan fingerprint density at radius 1 is 1.47 bits per heavy atom. The van der Waals surface area contributed by atoms with E-state index in [2.05, 4.69) is 22.2 Å². The van der Waals surface area contributed by atoms with Crippen molar-refractivity contribution in [2.75, 3.05) is 25.1 Å². The molecule has 4 N–H and O–H groups in total. The average Bonchev–Trinajstić information content (AvgIpc) is 2.37. The van der Waals surface area contributed by atoms with Crippen LogP contribution < -0.4 is 11.3 Å². The molecule has 17 heavy (non-hydrogen) atoms. The second-order valence-corrected chi connectivity index (χ2v) is 4.01. The Hall–Kier alpha value is -1.17. The maximum absolute atomic E-state index is 9.04. The molecule has 1 rings (SSSR count). The first-order valence-corrected chi connectivity index (χ1v) is 6.05. The molecule has 0 unspecified atom stereocenters. The predicted octanol–water partition coefficient (Wildman–Crippen LogP) is 0.962. The van der Waals surface area contributed by atoms with Crippen molar-refractivity contribution in [3.63, 3.8) is 0 Å². The molecule has 0 spiro atoms. The number of aliphatic hydroxyl groups excluding tert-OH is 1. The van der Waals surface area contributed by atoms with E-state index in [1.54, 1.807) is 6.20 Å². The second kappa shape index (κ2) is 8.00. The number of nitrogens with zero attached hydrogens (tertiary/aromatic N) is 2. The summed E-state index contributed by atoms with van der Waals surface area (Å²) >= 11 is 0. The van der Waals surface area contributed by atoms with Crippen LogP contribution in [0.15, 0.2) is 18.3 Å². The van der Waals surface area contributed by atoms with E-state index in [4.69, 9.17) is 10.9 Å². The van der Waals surface area contributed by atoms with Gasteiger partial charge < -0.3 is 10.5 Å². The highest BCUT2D eigenvalue weighted by atomic mass is 16.3. The summed E-state index contributed by atoms with van der Waals surface area (Å²) in [4.78, 5) is 6.38. The smallest absolute Gasteiger partial charge is 0.144 e. The molecule has 0 amide bonds. The molecule has 0 bridgehead atoms. The van der Waals surface area contributed by atoms with Gasteiger partial charge in [0.05, 0.1) is 6.61 Å². The van der Waals surface area contributed by atoms with Crippen LogP contribution >= 0.6 is 0 Å². The molecular formula is C12H22N4O. The van der Waals surface area contributed by atoms with Crippen LogP contribution in [0.2, 0.25) is 0 Å². The van der Waals surface area contributed by atoms with Crippen molar-refractivity contribution < 1.29 is 5.11 Å². The largest absolute Gasteiger partial charge is 0.395 e. The van der Waals surface area contributed by atoms with Gasteiger partial charge in [-0.3, -0.25) is 4.90 Å². The van der Waals surface area contributed by atoms with Crippen LogP contribution in [0.25, 0.3) is 0 Å². The van der Waals surface area contributed by atoms with Crippen molar-refractivity contribution in [3.8, 4) is 0 Å². The Bertz CT molecular complexity index is 319. The van der Waals surface area contributed by atoms with E-state index in [1.165, 1.54) is 0 Å². The zero-order chi connectivity index (χ0) is 12.5. The quantitative estimate of drug-likeness (QED) is 0.465. The van der Waals surface area contributed by atoms with E-state index < -0.39 is 0 Å². The highest BCUT2D eigenvalue weighted by molar-refractivity contribution is 5.42. The van der Waals surface area contributed by atoms with Crippen LogP contribution in [0.1, 0.15) is 25.3 Å². The van der Waals surface area contributed by atoms with E-state index in [1.807, 2.05) is 12.1 Å². The van der Waals surface area contributed by atoms with E-state index in [9.17, 15) is 0 Å². The Labute approximate surface area is 103 Å². The van der Waals surface area contributed by atoms with Gasteiger partial charge in [0.2, 0.25) is 0 Å². The first kappa shape index (κ1) is 13.9. The molecule has 0 aliphatic carbocycles. The first-order valence-electron chi connectivity index (χ1n) is 6.05. The molecule has 5 nitrogen and oxygen atoms in total. The average molecular weight is 238 g/mol. The number of hydrogen-bond acceptors (Lipinski definition) is 5. The summed E-state index contributed by atoms with van der Waals surface area (Å²) in [7, 11) is 0. The number of unbranched alkanes of at least 4 members (excludes halogenated alkanes) is 1. The van der Waals surface area contributed by atoms with Gasteiger partial charge in [-0.2, -0.15) is 0 Å². The Morgan fingerprint density at radius 2 is 2.29 bits per heavy atom. The van der Waals surface area contributed by atoms with E-state index in [0.717, 1.165) is 31.5 Å². The number of aromatic nitrogens is 1. The maximum Gasteiger partial charge on any atom is 0.144 e. The summed E-state index contributed by atoms with van der Waals surface area (Å²) in [6.45, 7) is 4.76. The van der Waals surface area contributed by atoms with Crippen molar-refractivity contribution in [1.29, 1.82) is 0 Å². The van der Waals surface area contributed by atoms with Crippen molar-refractivity contribution >= 4 is 5.82 Å². The summed E-state index contributed by atoms with van der Waals surface area (Å²) < 4.78 is 0. The van der Waals surface area contributed by atoms with Gasteiger partial charge in [-0.1, -0.05) is 19.4 Å². The number of rotatable bonds is 8. The topological polar surface area (TPSA) is 74.4 Å². The van der Waals surface area contributed by atoms with Gasteiger partial charge in [-0.05, 0) is 19.0 Å². The lowest BCUT2D eigenvalue weighted by Gasteiger charge is -2.22. The molecule has 1 aromatic heterocycles. The van der Waals surface area contributed by atoms with Gasteiger partial charge in [0, 0.05) is 24.8 Å². The molecular weight excluding hydrogens is 216 g/mol. The normalized spacial score (nSPS) is 10.8. The third-order valence-electron chi connectivity index (χ3n) is 2.67. The van der Waals surface area contributed by atoms with Crippen LogP contribution in [-0.4, -0.2) is 34.7 Å². The van der Waals surface area contributed by atoms with Gasteiger partial charge in [0.1, 0.15) is 5.82 Å². The third kappa shape index (κ3) is 4.68. The Balaban J connectivity index is 2.63. The molecule has 96 valence electrons. The van der Waals surface area contributed by atoms with Gasteiger partial charge in [0.25, 0.3) is 0 Å². The van der Waals surface area contributed by atoms with Crippen LogP contribution in [0, 0.1) is 0 Å². The summed E-state index contributed by atoms with van der Waals surface area (Å²) in [6.07, 6.45) is 3.99. The van der Waals surface area contributed by atoms with Crippen molar-refractivity contribution in [1.82, 2.24) is 9.88 Å². The molecule has 0 saturated carbocycles. The van der Waals surface area contributed by atoms with Crippen LogP contribution in [0.3, 0.4) is 0 Å². The summed E-state index contributed by atoms with van der Waals surface area (Å²) in [6, 6.07) is 3.89. The van der Waals surface area contributed by atoms with Crippen molar-refractivity contribution in [2.45, 2.75) is 26.3 Å². The number of nitrogens with one attached hydrogen (secondary N) is 1. The number of nitrogen functional groups attached to an aromatic ring is 1. The molecule has 1 heterocycles. The fourth-order valence-electron chi connectivity index (χ4n) is 1.73. The third-order valence-corrected chi connectivity index (χ3v) is 2.67. The molecule has 0 aliphatic rings. The minimum Gasteiger partial charge on any atom is -0.395 e. The second-order valence-electron chi connectivity index (χ2n) is 4.01. The Kier molecular flexibility index (Phi) is 6.54. The lowest BCUT2D eigenvalue weighted by Crippen LogP contribution is -2.28. The summed E-state index contributed by atoms with van der Waals surface area (Å²) in [5.41, 5.74) is 3.65. The van der Waals surface area contributed by atoms with E-state index >= 15 is 0 Å². The van der Waals surface area contributed by atoms with Crippen molar-refractivity contribution in [3.05, 3.63) is 23.9 Å². The number of aliphatic hydroxyl groups is 1. The molecule has 0 aliphatic heterocycles. The summed E-state index contributed by atoms with van der Waals surface area (Å²) in [5, 5.41) is 9.04. The van der Waals surface area contributed by atoms with Crippen LogP contribution in [0.4, 0.5) is 5.82 Å². The number of anilines is 1. The summed E-state index contributed by atoms with van der Waals surface area (Å²) in [5.74, 6) is 6.12. The molecule has 0 radical (unpaired) electrons. The van der Waals surface area contributed by atoms with E-state index in [0.29, 0.717) is 12.4 Å². The fraction of sp³-hybridized carbons (Fsp3) is 0.583. The molecule has 0 atom stereocenters. The lowest BCUT2D eigenvalue weighted by atomic mass is 10.2. The first-order chi connectivity index (χ1) is 8.31. The zero-order valence-electron chi connectivity index (χ0n) is 10.4. The van der Waals surface area contributed by atoms with Crippen LogP contribution in [0.5, 0.6) is 0 Å². The Morgan fingerprint density at radius 3 is 2.94 bits per heavy atom. The highest BCUT2D eigenvalue weighted by Crippen LogP contribution is 2.13. The minimum absolute atomic E-state index is 0.176. The van der Waals surface area contributed by atoms with Gasteiger partial charge >= 0.3 is 0 Å². The fourth-order valence-corrected chi connectivity index (χ4v) is 1.73. The van der Waals surface area contributed by atoms with Crippen molar-refractivity contribution in [2.24, 2.45) is 5.84 Å². The molecule has 0 fully saturated rings. The van der Waals surface area contributed by atoms with Gasteiger partial charge in [-0.25, -0.2) is 10.8 Å². The number of nitrogens with two attached hydrogens (primary N) is 1. The minimum atomic E-state index is 0.176. The molecule has 1 aromatic rings. The number of hydrazine groups is 1. The number of hydrogen-bond donors (Lipinski definition) is 3. The SMILES string of the molecule is CCCCN(CCO)Cc1cccnc1NN. The standard InChI is InChI=1S/C12H22N4O/c1-2-3-7-16(8-9-17)10-11-5-4-6-14-12(11)15-13/h4-6,17H,2-3,7-10,13H2,1H3,(H,14,15). The maximum atomic E-state index is 9.04. The zero-order valence-corrected chi connectivity index (χ0v) is 10.4. The van der Waals surface area contributed by atoms with Gasteiger partial charge in [-0.15, -0.1) is 0 Å². The monoisotopic (exact) mass is 238 g/mol.